The number of aromatic amines is 1. The third-order valence-electron chi connectivity index (χ3n) is 2.46. The summed E-state index contributed by atoms with van der Waals surface area (Å²) in [6, 6.07) is 0. The molecule has 1 unspecified atom stereocenters. The van der Waals surface area contributed by atoms with Crippen LogP contribution in [0.1, 0.15) is 43.3 Å². The molecule has 0 aliphatic rings. The van der Waals surface area contributed by atoms with Gasteiger partial charge in [-0.2, -0.15) is 15.4 Å². The van der Waals surface area contributed by atoms with Gasteiger partial charge in [-0.05, 0) is 0 Å². The molecule has 17 heavy (non-hydrogen) atoms. The molecule has 0 saturated heterocycles. The standard InChI is InChI=1S/C11H16N4OS/c1-11(2,3)9-6-17-10(13-9)4-8(16)7-5-12-15-14-7/h5-6,8,16H,4H2,1-3H3,(H,12,14,15). The number of nitrogens with zero attached hydrogens (tertiary/aromatic N) is 3. The highest BCUT2D eigenvalue weighted by molar-refractivity contribution is 7.09. The van der Waals surface area contributed by atoms with Crippen LogP contribution in [0.2, 0.25) is 0 Å². The lowest BCUT2D eigenvalue weighted by Gasteiger charge is -2.14. The van der Waals surface area contributed by atoms with Crippen molar-refractivity contribution in [1.82, 2.24) is 20.4 Å². The Balaban J connectivity index is 2.07. The normalized spacial score (nSPS) is 13.9. The second-order valence-corrected chi connectivity index (χ2v) is 5.93. The Morgan fingerprint density at radius 3 is 2.76 bits per heavy atom. The predicted molar refractivity (Wildman–Crippen MR) is 65.9 cm³/mol. The second kappa shape index (κ2) is 4.54. The highest BCUT2D eigenvalue weighted by Gasteiger charge is 2.19. The summed E-state index contributed by atoms with van der Waals surface area (Å²) < 4.78 is 0. The van der Waals surface area contributed by atoms with E-state index in [4.69, 9.17) is 0 Å². The summed E-state index contributed by atoms with van der Waals surface area (Å²) in [5.41, 5.74) is 1.66. The van der Waals surface area contributed by atoms with Crippen LogP contribution in [-0.2, 0) is 11.8 Å². The second-order valence-electron chi connectivity index (χ2n) is 4.99. The molecule has 0 spiro atoms. The lowest BCUT2D eigenvalue weighted by atomic mass is 9.93. The van der Waals surface area contributed by atoms with Gasteiger partial charge in [0.1, 0.15) is 11.8 Å². The topological polar surface area (TPSA) is 74.7 Å². The number of nitrogens with one attached hydrogen (secondary N) is 1. The van der Waals surface area contributed by atoms with Gasteiger partial charge in [-0.1, -0.05) is 20.8 Å². The lowest BCUT2D eigenvalue weighted by Crippen LogP contribution is -2.12. The molecule has 0 radical (unpaired) electrons. The summed E-state index contributed by atoms with van der Waals surface area (Å²) >= 11 is 1.57. The fourth-order valence-electron chi connectivity index (χ4n) is 1.39. The summed E-state index contributed by atoms with van der Waals surface area (Å²) in [6.45, 7) is 6.37. The molecule has 1 atom stereocenters. The van der Waals surface area contributed by atoms with Gasteiger partial charge >= 0.3 is 0 Å². The van der Waals surface area contributed by atoms with Gasteiger partial charge in [0, 0.05) is 17.2 Å². The quantitative estimate of drug-likeness (QED) is 0.874. The molecule has 0 fully saturated rings. The fraction of sp³-hybridized carbons (Fsp3) is 0.545. The Morgan fingerprint density at radius 2 is 2.24 bits per heavy atom. The van der Waals surface area contributed by atoms with Crippen molar-refractivity contribution in [2.75, 3.05) is 0 Å². The molecule has 2 heterocycles. The number of aliphatic hydroxyl groups excluding tert-OH is 1. The predicted octanol–water partition coefficient (Wildman–Crippen LogP) is 1.83. The van der Waals surface area contributed by atoms with E-state index >= 15 is 0 Å². The minimum atomic E-state index is -0.646. The molecule has 6 heteroatoms. The summed E-state index contributed by atoms with van der Waals surface area (Å²) in [6.07, 6.45) is 1.36. The van der Waals surface area contributed by atoms with Crippen LogP contribution in [0.25, 0.3) is 0 Å². The molecular weight excluding hydrogens is 236 g/mol. The number of rotatable bonds is 3. The van der Waals surface area contributed by atoms with Gasteiger partial charge in [-0.15, -0.1) is 11.3 Å². The molecule has 2 rings (SSSR count). The third kappa shape index (κ3) is 2.89. The number of aliphatic hydroxyl groups is 1. The minimum Gasteiger partial charge on any atom is -0.386 e. The molecule has 92 valence electrons. The van der Waals surface area contributed by atoms with Crippen LogP contribution in [0.4, 0.5) is 0 Å². The fourth-order valence-corrected chi connectivity index (χ4v) is 2.45. The van der Waals surface area contributed by atoms with E-state index < -0.39 is 6.10 Å². The van der Waals surface area contributed by atoms with E-state index in [-0.39, 0.29) is 5.41 Å². The highest BCUT2D eigenvalue weighted by atomic mass is 32.1. The first-order chi connectivity index (χ1) is 7.97. The van der Waals surface area contributed by atoms with Crippen LogP contribution in [0, 0.1) is 0 Å². The van der Waals surface area contributed by atoms with Crippen molar-refractivity contribution >= 4 is 11.3 Å². The molecule has 2 aromatic rings. The van der Waals surface area contributed by atoms with Gasteiger partial charge in [0.2, 0.25) is 0 Å². The summed E-state index contributed by atoms with van der Waals surface area (Å²) in [7, 11) is 0. The monoisotopic (exact) mass is 252 g/mol. The van der Waals surface area contributed by atoms with Gasteiger partial charge in [0.15, 0.2) is 0 Å². The number of aromatic nitrogens is 4. The average molecular weight is 252 g/mol. The molecule has 0 saturated carbocycles. The molecule has 5 nitrogen and oxygen atoms in total. The highest BCUT2D eigenvalue weighted by Crippen LogP contribution is 2.26. The van der Waals surface area contributed by atoms with E-state index in [0.29, 0.717) is 12.1 Å². The number of hydrogen-bond acceptors (Lipinski definition) is 5. The van der Waals surface area contributed by atoms with Crippen molar-refractivity contribution in [2.45, 2.75) is 38.7 Å². The Hall–Kier alpha value is -1.27. The largest absolute Gasteiger partial charge is 0.386 e. The van der Waals surface area contributed by atoms with Crippen molar-refractivity contribution in [1.29, 1.82) is 0 Å². The van der Waals surface area contributed by atoms with Crippen molar-refractivity contribution < 1.29 is 5.11 Å². The number of hydrogen-bond donors (Lipinski definition) is 2. The number of H-pyrrole nitrogens is 1. The van der Waals surface area contributed by atoms with E-state index in [1.54, 1.807) is 11.3 Å². The Kier molecular flexibility index (Phi) is 3.26. The van der Waals surface area contributed by atoms with Crippen LogP contribution >= 0.6 is 11.3 Å². The minimum absolute atomic E-state index is 0.0492. The van der Waals surface area contributed by atoms with Crippen LogP contribution < -0.4 is 0 Å². The van der Waals surface area contributed by atoms with Gasteiger partial charge in [0.25, 0.3) is 0 Å². The van der Waals surface area contributed by atoms with Crippen molar-refractivity contribution in [3.63, 3.8) is 0 Å². The zero-order valence-corrected chi connectivity index (χ0v) is 11.0. The van der Waals surface area contributed by atoms with E-state index in [2.05, 4.69) is 41.2 Å². The Morgan fingerprint density at radius 1 is 1.47 bits per heavy atom. The first kappa shape index (κ1) is 12.2. The smallest absolute Gasteiger partial charge is 0.111 e. The first-order valence-corrected chi connectivity index (χ1v) is 6.33. The molecule has 0 aromatic carbocycles. The maximum atomic E-state index is 9.92. The molecule has 0 amide bonds. The zero-order valence-electron chi connectivity index (χ0n) is 10.1. The zero-order chi connectivity index (χ0) is 12.5. The van der Waals surface area contributed by atoms with E-state index in [1.807, 2.05) is 5.38 Å². The van der Waals surface area contributed by atoms with Crippen molar-refractivity contribution in [3.8, 4) is 0 Å². The summed E-state index contributed by atoms with van der Waals surface area (Å²) in [5, 5.41) is 22.9. The van der Waals surface area contributed by atoms with E-state index in [0.717, 1.165) is 10.7 Å². The maximum Gasteiger partial charge on any atom is 0.111 e. The van der Waals surface area contributed by atoms with E-state index in [9.17, 15) is 5.11 Å². The Labute approximate surface area is 104 Å². The van der Waals surface area contributed by atoms with Crippen LogP contribution in [0.5, 0.6) is 0 Å². The average Bonchev–Trinajstić information content (AvgIpc) is 2.85. The maximum absolute atomic E-state index is 9.92. The lowest BCUT2D eigenvalue weighted by molar-refractivity contribution is 0.173. The van der Waals surface area contributed by atoms with Gasteiger partial charge < -0.3 is 5.11 Å². The number of thiazole rings is 1. The summed E-state index contributed by atoms with van der Waals surface area (Å²) in [5.74, 6) is 0. The van der Waals surface area contributed by atoms with Gasteiger partial charge in [0.05, 0.1) is 16.9 Å². The Bertz CT molecular complexity index is 472. The van der Waals surface area contributed by atoms with E-state index in [1.165, 1.54) is 6.20 Å². The van der Waals surface area contributed by atoms with Crippen LogP contribution in [-0.4, -0.2) is 25.5 Å². The molecule has 0 bridgehead atoms. The first-order valence-electron chi connectivity index (χ1n) is 5.45. The van der Waals surface area contributed by atoms with Crippen LogP contribution in [0.15, 0.2) is 11.6 Å². The molecular formula is C11H16N4OS. The van der Waals surface area contributed by atoms with Crippen molar-refractivity contribution in [2.24, 2.45) is 0 Å². The molecule has 0 aliphatic heterocycles. The molecule has 0 aliphatic carbocycles. The summed E-state index contributed by atoms with van der Waals surface area (Å²) in [4.78, 5) is 4.53. The third-order valence-corrected chi connectivity index (χ3v) is 3.33. The molecule has 2 N–H and O–H groups in total. The van der Waals surface area contributed by atoms with Crippen molar-refractivity contribution in [3.05, 3.63) is 28.0 Å². The van der Waals surface area contributed by atoms with Crippen LogP contribution in [0.3, 0.4) is 0 Å². The molecule has 2 aromatic heterocycles. The van der Waals surface area contributed by atoms with Gasteiger partial charge in [-0.3, -0.25) is 0 Å². The SMILES string of the molecule is CC(C)(C)c1csc(CC(O)c2cn[nH]n2)n1. The van der Waals surface area contributed by atoms with Gasteiger partial charge in [-0.25, -0.2) is 4.98 Å².